The van der Waals surface area contributed by atoms with E-state index in [1.165, 1.54) is 11.3 Å². The number of pyridine rings is 1. The van der Waals surface area contributed by atoms with Crippen molar-refractivity contribution in [3.63, 3.8) is 0 Å². The molecule has 0 aliphatic rings. The molecule has 22 heavy (non-hydrogen) atoms. The number of nitrogens with zero attached hydrogens (tertiary/aromatic N) is 2. The largest absolute Gasteiger partial charge is 0.365 e. The second kappa shape index (κ2) is 5.69. The van der Waals surface area contributed by atoms with Gasteiger partial charge < -0.3 is 5.73 Å². The van der Waals surface area contributed by atoms with Crippen LogP contribution in [0, 0.1) is 13.8 Å². The van der Waals surface area contributed by atoms with E-state index < -0.39 is 5.91 Å². The van der Waals surface area contributed by atoms with Crippen molar-refractivity contribution in [2.75, 3.05) is 0 Å². The molecule has 3 rings (SSSR count). The van der Waals surface area contributed by atoms with Crippen molar-refractivity contribution >= 4 is 39.4 Å². The first-order valence-corrected chi connectivity index (χ1v) is 7.67. The number of hydrogen-bond acceptors (Lipinski definition) is 4. The molecule has 2 aromatic heterocycles. The zero-order valence-corrected chi connectivity index (χ0v) is 13.1. The van der Waals surface area contributed by atoms with E-state index in [-0.39, 0.29) is 0 Å². The minimum Gasteiger partial charge on any atom is -0.365 e. The molecule has 1 aromatic carbocycles. The summed E-state index contributed by atoms with van der Waals surface area (Å²) in [5.41, 5.74) is 9.05. The summed E-state index contributed by atoms with van der Waals surface area (Å²) in [6.45, 7) is 3.93. The lowest BCUT2D eigenvalue weighted by Crippen LogP contribution is -2.08. The summed E-state index contributed by atoms with van der Waals surface area (Å²) in [7, 11) is 0. The van der Waals surface area contributed by atoms with Crippen LogP contribution in [0.2, 0.25) is 0 Å². The molecule has 0 spiro atoms. The van der Waals surface area contributed by atoms with Gasteiger partial charge in [0, 0.05) is 17.3 Å². The SMILES string of the molecule is Cc1cc(C)c2c(N=Cc3ccccc3)c(C(N)=O)sc2n1. The predicted octanol–water partition coefficient (Wildman–Crippen LogP) is 3.76. The summed E-state index contributed by atoms with van der Waals surface area (Å²) in [5.74, 6) is -0.472. The van der Waals surface area contributed by atoms with E-state index in [2.05, 4.69) is 9.98 Å². The molecule has 2 heterocycles. The van der Waals surface area contributed by atoms with Crippen LogP contribution in [0.5, 0.6) is 0 Å². The molecule has 0 aliphatic heterocycles. The van der Waals surface area contributed by atoms with E-state index in [9.17, 15) is 4.79 Å². The Balaban J connectivity index is 2.20. The molecule has 0 saturated carbocycles. The maximum absolute atomic E-state index is 11.7. The summed E-state index contributed by atoms with van der Waals surface area (Å²) in [4.78, 5) is 22.0. The molecule has 0 unspecified atom stereocenters. The van der Waals surface area contributed by atoms with Crippen molar-refractivity contribution in [2.45, 2.75) is 13.8 Å². The summed E-state index contributed by atoms with van der Waals surface area (Å²) in [5, 5.41) is 0.900. The number of carbonyl (C=O) groups is 1. The van der Waals surface area contributed by atoms with E-state index in [4.69, 9.17) is 5.73 Å². The number of nitrogens with two attached hydrogens (primary N) is 1. The fraction of sp³-hybridized carbons (Fsp3) is 0.118. The van der Waals surface area contributed by atoms with Crippen LogP contribution in [-0.4, -0.2) is 17.1 Å². The molecule has 2 N–H and O–H groups in total. The topological polar surface area (TPSA) is 68.3 Å². The average molecular weight is 309 g/mol. The number of fused-ring (bicyclic) bond motifs is 1. The third-order valence-corrected chi connectivity index (χ3v) is 4.42. The van der Waals surface area contributed by atoms with Crippen LogP contribution in [0.3, 0.4) is 0 Å². The second-order valence-electron chi connectivity index (χ2n) is 5.07. The maximum Gasteiger partial charge on any atom is 0.261 e. The zero-order chi connectivity index (χ0) is 15.7. The van der Waals surface area contributed by atoms with Gasteiger partial charge in [0.05, 0.1) is 5.69 Å². The number of benzene rings is 1. The number of aromatic nitrogens is 1. The molecule has 0 fully saturated rings. The lowest BCUT2D eigenvalue weighted by Gasteiger charge is -2.00. The van der Waals surface area contributed by atoms with Gasteiger partial charge in [0.15, 0.2) is 0 Å². The molecule has 0 atom stereocenters. The van der Waals surface area contributed by atoms with Crippen molar-refractivity contribution in [3.8, 4) is 0 Å². The average Bonchev–Trinajstić information content (AvgIpc) is 2.85. The summed E-state index contributed by atoms with van der Waals surface area (Å²) >= 11 is 1.30. The van der Waals surface area contributed by atoms with Crippen LogP contribution in [-0.2, 0) is 0 Å². The first kappa shape index (κ1) is 14.4. The van der Waals surface area contributed by atoms with Crippen molar-refractivity contribution in [2.24, 2.45) is 10.7 Å². The fourth-order valence-electron chi connectivity index (χ4n) is 2.39. The first-order valence-electron chi connectivity index (χ1n) is 6.86. The van der Waals surface area contributed by atoms with E-state index in [1.54, 1.807) is 6.21 Å². The van der Waals surface area contributed by atoms with E-state index in [0.29, 0.717) is 10.6 Å². The Labute approximate surface area is 132 Å². The Morgan fingerprint density at radius 3 is 2.68 bits per heavy atom. The van der Waals surface area contributed by atoms with Gasteiger partial charge in [-0.25, -0.2) is 4.98 Å². The van der Waals surface area contributed by atoms with Crippen molar-refractivity contribution < 1.29 is 4.79 Å². The van der Waals surface area contributed by atoms with Gasteiger partial charge in [-0.05, 0) is 31.0 Å². The number of rotatable bonds is 3. The molecule has 0 saturated heterocycles. The van der Waals surface area contributed by atoms with E-state index >= 15 is 0 Å². The van der Waals surface area contributed by atoms with E-state index in [0.717, 1.165) is 27.0 Å². The smallest absolute Gasteiger partial charge is 0.261 e. The van der Waals surface area contributed by atoms with Gasteiger partial charge in [-0.3, -0.25) is 9.79 Å². The highest BCUT2D eigenvalue weighted by Crippen LogP contribution is 2.38. The monoisotopic (exact) mass is 309 g/mol. The third-order valence-electron chi connectivity index (χ3n) is 3.33. The number of amides is 1. The van der Waals surface area contributed by atoms with Gasteiger partial charge in [0.25, 0.3) is 5.91 Å². The van der Waals surface area contributed by atoms with Crippen LogP contribution < -0.4 is 5.73 Å². The summed E-state index contributed by atoms with van der Waals surface area (Å²) < 4.78 is 0. The normalized spacial score (nSPS) is 11.4. The van der Waals surface area contributed by atoms with Gasteiger partial charge in [-0.2, -0.15) is 0 Å². The Hall–Kier alpha value is -2.53. The summed E-state index contributed by atoms with van der Waals surface area (Å²) in [6.07, 6.45) is 1.74. The van der Waals surface area contributed by atoms with Gasteiger partial charge in [0.2, 0.25) is 0 Å². The van der Waals surface area contributed by atoms with Crippen LogP contribution >= 0.6 is 11.3 Å². The zero-order valence-electron chi connectivity index (χ0n) is 12.3. The number of aliphatic imine (C=N–C) groups is 1. The van der Waals surface area contributed by atoms with Gasteiger partial charge in [0.1, 0.15) is 9.71 Å². The molecule has 0 bridgehead atoms. The Kier molecular flexibility index (Phi) is 3.73. The lowest BCUT2D eigenvalue weighted by molar-refractivity contribution is 0.100. The Morgan fingerprint density at radius 2 is 2.00 bits per heavy atom. The molecule has 5 heteroatoms. The standard InChI is InChI=1S/C17H15N3OS/c1-10-8-11(2)20-17-13(10)14(15(22-17)16(18)21)19-9-12-6-4-3-5-7-12/h3-9H,1-2H3,(H2,18,21). The van der Waals surface area contributed by atoms with Crippen molar-refractivity contribution in [1.29, 1.82) is 0 Å². The quantitative estimate of drug-likeness (QED) is 0.748. The summed E-state index contributed by atoms with van der Waals surface area (Å²) in [6, 6.07) is 11.7. The first-order chi connectivity index (χ1) is 10.6. The van der Waals surface area contributed by atoms with Crippen LogP contribution in [0.15, 0.2) is 41.4 Å². The molecule has 0 radical (unpaired) electrons. The number of hydrogen-bond donors (Lipinski definition) is 1. The number of thiophene rings is 1. The minimum absolute atomic E-state index is 0.448. The second-order valence-corrected chi connectivity index (χ2v) is 6.07. The van der Waals surface area contributed by atoms with Gasteiger partial charge in [-0.15, -0.1) is 11.3 Å². The van der Waals surface area contributed by atoms with Gasteiger partial charge in [-0.1, -0.05) is 30.3 Å². The number of aryl methyl sites for hydroxylation is 2. The highest BCUT2D eigenvalue weighted by atomic mass is 32.1. The van der Waals surface area contributed by atoms with Crippen molar-refractivity contribution in [1.82, 2.24) is 4.98 Å². The molecule has 110 valence electrons. The third kappa shape index (κ3) is 2.63. The maximum atomic E-state index is 11.7. The molecule has 0 aliphatic carbocycles. The predicted molar refractivity (Wildman–Crippen MR) is 91.3 cm³/mol. The molecule has 1 amide bonds. The molecular formula is C17H15N3OS. The van der Waals surface area contributed by atoms with Crippen molar-refractivity contribution in [3.05, 3.63) is 58.1 Å². The lowest BCUT2D eigenvalue weighted by atomic mass is 10.1. The number of primary amides is 1. The van der Waals surface area contributed by atoms with Crippen LogP contribution in [0.4, 0.5) is 5.69 Å². The Morgan fingerprint density at radius 1 is 1.27 bits per heavy atom. The highest BCUT2D eigenvalue weighted by Gasteiger charge is 2.18. The van der Waals surface area contributed by atoms with Gasteiger partial charge >= 0.3 is 0 Å². The molecule has 4 nitrogen and oxygen atoms in total. The van der Waals surface area contributed by atoms with E-state index in [1.807, 2.05) is 50.2 Å². The molecular weight excluding hydrogens is 294 g/mol. The van der Waals surface area contributed by atoms with Crippen LogP contribution in [0.25, 0.3) is 10.2 Å². The van der Waals surface area contributed by atoms with Crippen LogP contribution in [0.1, 0.15) is 26.5 Å². The minimum atomic E-state index is -0.472. The Bertz CT molecular complexity index is 882. The number of carbonyl (C=O) groups excluding carboxylic acids is 1. The fourth-order valence-corrected chi connectivity index (χ4v) is 3.49. The highest BCUT2D eigenvalue weighted by molar-refractivity contribution is 7.21. The molecule has 3 aromatic rings.